The van der Waals surface area contributed by atoms with Gasteiger partial charge in [-0.25, -0.2) is 16.8 Å². The minimum absolute atomic E-state index is 0.127. The zero-order valence-electron chi connectivity index (χ0n) is 20.4. The van der Waals surface area contributed by atoms with Crippen molar-refractivity contribution in [2.75, 3.05) is 56.5 Å². The highest BCUT2D eigenvalue weighted by molar-refractivity contribution is 7.92. The Morgan fingerprint density at radius 3 is 2.19 bits per heavy atom. The van der Waals surface area contributed by atoms with Crippen molar-refractivity contribution in [2.24, 2.45) is 0 Å². The van der Waals surface area contributed by atoms with E-state index in [1.165, 1.54) is 8.61 Å². The lowest BCUT2D eigenvalue weighted by atomic mass is 10.2. The summed E-state index contributed by atoms with van der Waals surface area (Å²) in [6.45, 7) is 3.88. The first-order valence-corrected chi connectivity index (χ1v) is 15.1. The predicted octanol–water partition coefficient (Wildman–Crippen LogP) is 1.85. The summed E-state index contributed by atoms with van der Waals surface area (Å²) in [5, 5.41) is 0. The number of amides is 1. The Bertz CT molecular complexity index is 1300. The highest BCUT2D eigenvalue weighted by Gasteiger charge is 2.30. The third-order valence-corrected chi connectivity index (χ3v) is 9.32. The van der Waals surface area contributed by atoms with Gasteiger partial charge in [0.1, 0.15) is 13.2 Å². The number of anilines is 1. The first-order valence-electron chi connectivity index (χ1n) is 11.8. The van der Waals surface area contributed by atoms with Gasteiger partial charge in [0, 0.05) is 45.2 Å². The molecule has 0 unspecified atom stereocenters. The fourth-order valence-corrected chi connectivity index (χ4v) is 6.62. The molecule has 0 atom stereocenters. The van der Waals surface area contributed by atoms with Gasteiger partial charge in [-0.3, -0.25) is 9.10 Å². The van der Waals surface area contributed by atoms with Gasteiger partial charge in [-0.05, 0) is 37.6 Å². The van der Waals surface area contributed by atoms with Crippen LogP contribution in [0, 0.1) is 6.92 Å². The smallest absolute Gasteiger partial charge is 0.243 e. The summed E-state index contributed by atoms with van der Waals surface area (Å²) in [6.07, 6.45) is 1.60. The van der Waals surface area contributed by atoms with Crippen molar-refractivity contribution < 1.29 is 31.1 Å². The summed E-state index contributed by atoms with van der Waals surface area (Å²) in [5.74, 6) is 0.928. The number of hydrogen-bond donors (Lipinski definition) is 0. The second-order valence-electron chi connectivity index (χ2n) is 8.86. The average Bonchev–Trinajstić information content (AvgIpc) is 2.86. The molecule has 2 heterocycles. The van der Waals surface area contributed by atoms with Gasteiger partial charge in [0.15, 0.2) is 11.5 Å². The number of piperazine rings is 1. The molecule has 0 saturated carbocycles. The summed E-state index contributed by atoms with van der Waals surface area (Å²) in [5.41, 5.74) is 1.43. The van der Waals surface area contributed by atoms with Crippen LogP contribution < -0.4 is 13.8 Å². The second-order valence-corrected chi connectivity index (χ2v) is 12.7. The van der Waals surface area contributed by atoms with Crippen molar-refractivity contribution in [3.05, 3.63) is 48.0 Å². The van der Waals surface area contributed by atoms with E-state index in [1.807, 2.05) is 6.92 Å². The molecule has 1 amide bonds. The van der Waals surface area contributed by atoms with Crippen LogP contribution in [0.4, 0.5) is 5.69 Å². The molecule has 0 aliphatic carbocycles. The number of benzene rings is 2. The van der Waals surface area contributed by atoms with Gasteiger partial charge in [0.2, 0.25) is 26.0 Å². The molecule has 12 heteroatoms. The largest absolute Gasteiger partial charge is 0.486 e. The molecule has 2 aromatic rings. The van der Waals surface area contributed by atoms with Gasteiger partial charge in [0.05, 0.1) is 16.8 Å². The van der Waals surface area contributed by atoms with E-state index in [0.717, 1.165) is 11.8 Å². The molecule has 0 aromatic heterocycles. The first kappa shape index (κ1) is 26.2. The van der Waals surface area contributed by atoms with Crippen molar-refractivity contribution >= 4 is 31.6 Å². The fraction of sp³-hybridized carbons (Fsp3) is 0.458. The van der Waals surface area contributed by atoms with Gasteiger partial charge in [-0.15, -0.1) is 0 Å². The maximum atomic E-state index is 12.9. The predicted molar refractivity (Wildman–Crippen MR) is 135 cm³/mol. The molecule has 36 heavy (non-hydrogen) atoms. The summed E-state index contributed by atoms with van der Waals surface area (Å²) in [4.78, 5) is 14.7. The van der Waals surface area contributed by atoms with E-state index in [0.29, 0.717) is 49.9 Å². The zero-order chi connectivity index (χ0) is 25.9. The van der Waals surface area contributed by atoms with Crippen LogP contribution in [0.3, 0.4) is 0 Å². The first-order chi connectivity index (χ1) is 17.1. The van der Waals surface area contributed by atoms with Gasteiger partial charge in [-0.1, -0.05) is 17.7 Å². The number of carbonyl (C=O) groups excluding carboxylic acids is 1. The van der Waals surface area contributed by atoms with E-state index in [4.69, 9.17) is 9.47 Å². The number of sulfonamides is 2. The van der Waals surface area contributed by atoms with Gasteiger partial charge >= 0.3 is 0 Å². The van der Waals surface area contributed by atoms with E-state index in [-0.39, 0.29) is 36.9 Å². The Balaban J connectivity index is 1.32. The highest BCUT2D eigenvalue weighted by Crippen LogP contribution is 2.34. The van der Waals surface area contributed by atoms with Gasteiger partial charge in [-0.2, -0.15) is 4.31 Å². The standard InChI is InChI=1S/C24H31N3O7S2/c1-19-5-8-21(9-6-19)36(31,32)26-14-12-25(13-15-26)24(28)4-3-11-27(35(2,29)30)20-7-10-22-23(18-20)34-17-16-33-22/h5-10,18H,3-4,11-17H2,1-2H3. The van der Waals surface area contributed by atoms with Crippen LogP contribution in [-0.2, 0) is 24.8 Å². The molecule has 196 valence electrons. The highest BCUT2D eigenvalue weighted by atomic mass is 32.2. The van der Waals surface area contributed by atoms with Crippen molar-refractivity contribution in [3.8, 4) is 11.5 Å². The molecule has 10 nitrogen and oxygen atoms in total. The molecular formula is C24H31N3O7S2. The zero-order valence-corrected chi connectivity index (χ0v) is 22.1. The Morgan fingerprint density at radius 2 is 1.56 bits per heavy atom. The monoisotopic (exact) mass is 537 g/mol. The van der Waals surface area contributed by atoms with Crippen molar-refractivity contribution in [1.82, 2.24) is 9.21 Å². The van der Waals surface area contributed by atoms with Crippen LogP contribution in [0.15, 0.2) is 47.4 Å². The SMILES string of the molecule is Cc1ccc(S(=O)(=O)N2CCN(C(=O)CCCN(c3ccc4c(c3)OCCO4)S(C)(=O)=O)CC2)cc1. The number of aryl methyl sites for hydroxylation is 1. The van der Waals surface area contributed by atoms with Crippen molar-refractivity contribution in [3.63, 3.8) is 0 Å². The Morgan fingerprint density at radius 1 is 0.917 bits per heavy atom. The molecule has 2 aliphatic heterocycles. The summed E-state index contributed by atoms with van der Waals surface area (Å²) in [7, 11) is -7.19. The Hall–Kier alpha value is -2.83. The maximum absolute atomic E-state index is 12.9. The lowest BCUT2D eigenvalue weighted by Gasteiger charge is -2.34. The molecule has 0 bridgehead atoms. The van der Waals surface area contributed by atoms with Crippen molar-refractivity contribution in [2.45, 2.75) is 24.7 Å². The van der Waals surface area contributed by atoms with Crippen LogP contribution >= 0.6 is 0 Å². The minimum atomic E-state index is -3.61. The van der Waals surface area contributed by atoms with Crippen molar-refractivity contribution in [1.29, 1.82) is 0 Å². The number of carbonyl (C=O) groups is 1. The van der Waals surface area contributed by atoms with E-state index >= 15 is 0 Å². The third kappa shape index (κ3) is 5.93. The van der Waals surface area contributed by atoms with Crippen LogP contribution in [0.25, 0.3) is 0 Å². The van der Waals surface area contributed by atoms with Crippen LogP contribution in [-0.4, -0.2) is 84.1 Å². The van der Waals surface area contributed by atoms with Gasteiger partial charge < -0.3 is 14.4 Å². The lowest BCUT2D eigenvalue weighted by molar-refractivity contribution is -0.132. The van der Waals surface area contributed by atoms with E-state index < -0.39 is 20.0 Å². The molecule has 0 radical (unpaired) electrons. The summed E-state index contributed by atoms with van der Waals surface area (Å²) in [6, 6.07) is 11.7. The molecule has 1 fully saturated rings. The van der Waals surface area contributed by atoms with Crippen LogP contribution in [0.1, 0.15) is 18.4 Å². The topological polar surface area (TPSA) is 114 Å². The second kappa shape index (κ2) is 10.7. The number of ether oxygens (including phenoxy) is 2. The molecular weight excluding hydrogens is 506 g/mol. The number of hydrogen-bond acceptors (Lipinski definition) is 7. The normalized spacial score (nSPS) is 16.6. The molecule has 4 rings (SSSR count). The number of rotatable bonds is 8. The minimum Gasteiger partial charge on any atom is -0.486 e. The summed E-state index contributed by atoms with van der Waals surface area (Å²) < 4.78 is 64.4. The average molecular weight is 538 g/mol. The van der Waals surface area contributed by atoms with Crippen LogP contribution in [0.2, 0.25) is 0 Å². The van der Waals surface area contributed by atoms with Gasteiger partial charge in [0.25, 0.3) is 0 Å². The molecule has 2 aromatic carbocycles. The molecule has 1 saturated heterocycles. The molecule has 2 aliphatic rings. The van der Waals surface area contributed by atoms with E-state index in [9.17, 15) is 21.6 Å². The van der Waals surface area contributed by atoms with E-state index in [1.54, 1.807) is 47.4 Å². The lowest BCUT2D eigenvalue weighted by Crippen LogP contribution is -2.50. The van der Waals surface area contributed by atoms with E-state index in [2.05, 4.69) is 0 Å². The molecule has 0 spiro atoms. The fourth-order valence-electron chi connectivity index (χ4n) is 4.24. The Labute approximate surface area is 212 Å². The number of nitrogens with zero attached hydrogens (tertiary/aromatic N) is 3. The van der Waals surface area contributed by atoms with Crippen LogP contribution in [0.5, 0.6) is 11.5 Å². The molecule has 0 N–H and O–H groups in total. The summed E-state index contributed by atoms with van der Waals surface area (Å²) >= 11 is 0. The third-order valence-electron chi connectivity index (χ3n) is 6.22. The maximum Gasteiger partial charge on any atom is 0.243 e. The Kier molecular flexibility index (Phi) is 7.76. The number of fused-ring (bicyclic) bond motifs is 1. The quantitative estimate of drug-likeness (QED) is 0.505.